The highest BCUT2D eigenvalue weighted by Gasteiger charge is 2.21. The van der Waals surface area contributed by atoms with Gasteiger partial charge in [-0.1, -0.05) is 30.3 Å². The third-order valence-corrected chi connectivity index (χ3v) is 5.31. The van der Waals surface area contributed by atoms with Crippen LogP contribution in [0, 0.1) is 0 Å². The zero-order chi connectivity index (χ0) is 18.6. The molecule has 136 valence electrons. The molecule has 0 aliphatic carbocycles. The standard InChI is InChI=1S/C17H19N5O3S/c1-13(17-18-20-21-22(17)2)19-26(23,24)16-10-8-15(9-11-16)25-12-14-6-4-3-5-7-14/h3-11,13,19H,12H2,1-2H3/t13-/m0/s1. The van der Waals surface area contributed by atoms with Crippen molar-refractivity contribution in [3.8, 4) is 5.75 Å². The van der Waals surface area contributed by atoms with E-state index in [2.05, 4.69) is 20.2 Å². The first-order valence-electron chi connectivity index (χ1n) is 7.97. The van der Waals surface area contributed by atoms with Crippen LogP contribution in [0.3, 0.4) is 0 Å². The largest absolute Gasteiger partial charge is 0.489 e. The average Bonchev–Trinajstić information content (AvgIpc) is 3.07. The summed E-state index contributed by atoms with van der Waals surface area (Å²) in [4.78, 5) is 0.145. The van der Waals surface area contributed by atoms with Gasteiger partial charge < -0.3 is 4.74 Å². The summed E-state index contributed by atoms with van der Waals surface area (Å²) in [6, 6.07) is 15.5. The zero-order valence-electron chi connectivity index (χ0n) is 14.4. The van der Waals surface area contributed by atoms with Crippen molar-refractivity contribution in [3.63, 3.8) is 0 Å². The maximum atomic E-state index is 12.5. The van der Waals surface area contributed by atoms with Gasteiger partial charge in [-0.15, -0.1) is 5.10 Å². The van der Waals surface area contributed by atoms with Gasteiger partial charge in [0.25, 0.3) is 0 Å². The Morgan fingerprint density at radius 2 is 1.81 bits per heavy atom. The van der Waals surface area contributed by atoms with Gasteiger partial charge in [-0.05, 0) is 47.2 Å². The number of sulfonamides is 1. The zero-order valence-corrected chi connectivity index (χ0v) is 15.2. The molecule has 0 radical (unpaired) electrons. The van der Waals surface area contributed by atoms with Gasteiger partial charge in [0.05, 0.1) is 10.9 Å². The molecule has 26 heavy (non-hydrogen) atoms. The predicted octanol–water partition coefficient (Wildman–Crippen LogP) is 1.83. The minimum absolute atomic E-state index is 0.145. The topological polar surface area (TPSA) is 99.0 Å². The Kier molecular flexibility index (Phi) is 5.29. The van der Waals surface area contributed by atoms with E-state index < -0.39 is 16.1 Å². The summed E-state index contributed by atoms with van der Waals surface area (Å²) in [6.07, 6.45) is 0. The number of hydrogen-bond donors (Lipinski definition) is 1. The van der Waals surface area contributed by atoms with Gasteiger partial charge in [0.15, 0.2) is 5.82 Å². The highest BCUT2D eigenvalue weighted by atomic mass is 32.2. The summed E-state index contributed by atoms with van der Waals surface area (Å²) in [6.45, 7) is 2.10. The first kappa shape index (κ1) is 18.0. The van der Waals surface area contributed by atoms with E-state index in [4.69, 9.17) is 4.74 Å². The number of tetrazole rings is 1. The molecule has 0 aliphatic heterocycles. The van der Waals surface area contributed by atoms with Crippen molar-refractivity contribution < 1.29 is 13.2 Å². The number of rotatable bonds is 7. The van der Waals surface area contributed by atoms with Crippen LogP contribution in [0.5, 0.6) is 5.75 Å². The van der Waals surface area contributed by atoms with Crippen molar-refractivity contribution in [2.24, 2.45) is 7.05 Å². The van der Waals surface area contributed by atoms with Crippen LogP contribution < -0.4 is 9.46 Å². The minimum atomic E-state index is -3.70. The van der Waals surface area contributed by atoms with Crippen molar-refractivity contribution >= 4 is 10.0 Å². The molecule has 9 heteroatoms. The molecule has 0 saturated carbocycles. The molecule has 0 spiro atoms. The SMILES string of the molecule is C[C@H](NS(=O)(=O)c1ccc(OCc2ccccc2)cc1)c1nnnn1C. The summed E-state index contributed by atoms with van der Waals surface area (Å²) < 4.78 is 34.7. The Labute approximate surface area is 151 Å². The monoisotopic (exact) mass is 373 g/mol. The molecule has 2 aromatic carbocycles. The molecule has 8 nitrogen and oxygen atoms in total. The number of ether oxygens (including phenoxy) is 1. The number of nitrogens with zero attached hydrogens (tertiary/aromatic N) is 4. The number of nitrogens with one attached hydrogen (secondary N) is 1. The molecule has 0 bridgehead atoms. The molecule has 1 N–H and O–H groups in total. The molecule has 3 aromatic rings. The fourth-order valence-corrected chi connectivity index (χ4v) is 3.61. The lowest BCUT2D eigenvalue weighted by Crippen LogP contribution is -2.28. The first-order chi connectivity index (χ1) is 12.5. The van der Waals surface area contributed by atoms with Gasteiger partial charge in [0.2, 0.25) is 10.0 Å². The van der Waals surface area contributed by atoms with E-state index in [1.165, 1.54) is 16.8 Å². The third kappa shape index (κ3) is 4.24. The molecule has 1 atom stereocenters. The second-order valence-electron chi connectivity index (χ2n) is 5.75. The van der Waals surface area contributed by atoms with Crippen molar-refractivity contribution in [1.82, 2.24) is 24.9 Å². The van der Waals surface area contributed by atoms with Crippen LogP contribution in [0.15, 0.2) is 59.5 Å². The third-order valence-electron chi connectivity index (χ3n) is 3.75. The van der Waals surface area contributed by atoms with Gasteiger partial charge in [0, 0.05) is 7.05 Å². The second-order valence-corrected chi connectivity index (χ2v) is 7.46. The maximum absolute atomic E-state index is 12.5. The van der Waals surface area contributed by atoms with Crippen LogP contribution in [0.4, 0.5) is 0 Å². The van der Waals surface area contributed by atoms with Crippen LogP contribution in [-0.4, -0.2) is 28.6 Å². The Morgan fingerprint density at radius 3 is 2.42 bits per heavy atom. The lowest BCUT2D eigenvalue weighted by molar-refractivity contribution is 0.306. The van der Waals surface area contributed by atoms with Gasteiger partial charge in [0.1, 0.15) is 12.4 Å². The summed E-state index contributed by atoms with van der Waals surface area (Å²) in [5.74, 6) is 1.02. The molecular weight excluding hydrogens is 354 g/mol. The van der Waals surface area contributed by atoms with Crippen LogP contribution in [0.2, 0.25) is 0 Å². The van der Waals surface area contributed by atoms with Crippen molar-refractivity contribution in [2.75, 3.05) is 0 Å². The summed E-state index contributed by atoms with van der Waals surface area (Å²) in [5, 5.41) is 11.0. The number of benzene rings is 2. The minimum Gasteiger partial charge on any atom is -0.489 e. The van der Waals surface area contributed by atoms with Crippen LogP contribution >= 0.6 is 0 Å². The smallest absolute Gasteiger partial charge is 0.241 e. The van der Waals surface area contributed by atoms with Crippen LogP contribution in [0.1, 0.15) is 24.4 Å². The van der Waals surface area contributed by atoms with Crippen LogP contribution in [-0.2, 0) is 23.7 Å². The lowest BCUT2D eigenvalue weighted by Gasteiger charge is -2.13. The summed E-state index contributed by atoms with van der Waals surface area (Å²) in [7, 11) is -2.05. The first-order valence-corrected chi connectivity index (χ1v) is 9.45. The molecule has 3 rings (SSSR count). The van der Waals surface area contributed by atoms with Crippen LogP contribution in [0.25, 0.3) is 0 Å². The van der Waals surface area contributed by atoms with E-state index in [9.17, 15) is 8.42 Å². The molecule has 0 saturated heterocycles. The normalized spacial score (nSPS) is 12.7. The number of hydrogen-bond acceptors (Lipinski definition) is 6. The molecule has 0 amide bonds. The Hall–Kier alpha value is -2.78. The van der Waals surface area contributed by atoms with E-state index in [0.29, 0.717) is 18.2 Å². The van der Waals surface area contributed by atoms with E-state index in [0.717, 1.165) is 5.56 Å². The Bertz CT molecular complexity index is 956. The fourth-order valence-electron chi connectivity index (χ4n) is 2.41. The summed E-state index contributed by atoms with van der Waals surface area (Å²) in [5.41, 5.74) is 1.04. The van der Waals surface area contributed by atoms with E-state index in [-0.39, 0.29) is 4.90 Å². The average molecular weight is 373 g/mol. The Balaban J connectivity index is 1.66. The number of aryl methyl sites for hydroxylation is 1. The number of aromatic nitrogens is 4. The van der Waals surface area contributed by atoms with Gasteiger partial charge in [-0.3, -0.25) is 0 Å². The van der Waals surface area contributed by atoms with Crippen molar-refractivity contribution in [3.05, 3.63) is 66.0 Å². The Morgan fingerprint density at radius 1 is 1.12 bits per heavy atom. The van der Waals surface area contributed by atoms with Crippen molar-refractivity contribution in [2.45, 2.75) is 24.5 Å². The highest BCUT2D eigenvalue weighted by molar-refractivity contribution is 7.89. The summed E-state index contributed by atoms with van der Waals surface area (Å²) >= 11 is 0. The van der Waals surface area contributed by atoms with E-state index in [1.807, 2.05) is 30.3 Å². The van der Waals surface area contributed by atoms with E-state index >= 15 is 0 Å². The maximum Gasteiger partial charge on any atom is 0.241 e. The van der Waals surface area contributed by atoms with Gasteiger partial charge >= 0.3 is 0 Å². The quantitative estimate of drug-likeness (QED) is 0.678. The molecular formula is C17H19N5O3S. The highest BCUT2D eigenvalue weighted by Crippen LogP contribution is 2.19. The molecule has 0 unspecified atom stereocenters. The fraction of sp³-hybridized carbons (Fsp3) is 0.235. The van der Waals surface area contributed by atoms with Gasteiger partial charge in [-0.2, -0.15) is 0 Å². The molecule has 1 heterocycles. The molecule has 0 fully saturated rings. The van der Waals surface area contributed by atoms with Crippen molar-refractivity contribution in [1.29, 1.82) is 0 Å². The van der Waals surface area contributed by atoms with Gasteiger partial charge in [-0.25, -0.2) is 17.8 Å². The lowest BCUT2D eigenvalue weighted by atomic mass is 10.2. The second kappa shape index (κ2) is 7.63. The van der Waals surface area contributed by atoms with E-state index in [1.54, 1.807) is 26.1 Å². The molecule has 0 aliphatic rings. The molecule has 1 aromatic heterocycles. The predicted molar refractivity (Wildman–Crippen MR) is 94.8 cm³/mol.